The molecule has 0 spiro atoms. The summed E-state index contributed by atoms with van der Waals surface area (Å²) in [5.74, 6) is 0.830. The van der Waals surface area contributed by atoms with E-state index in [2.05, 4.69) is 104 Å². The molecule has 4 aliphatic carbocycles. The molecule has 1 N–H and O–H groups in total. The number of rotatable bonds is 9. The van der Waals surface area contributed by atoms with Crippen molar-refractivity contribution in [2.75, 3.05) is 33.9 Å². The van der Waals surface area contributed by atoms with Crippen LogP contribution in [0.4, 0.5) is 0 Å². The van der Waals surface area contributed by atoms with Gasteiger partial charge in [-0.1, -0.05) is 74.0 Å². The third-order valence-corrected chi connectivity index (χ3v) is 16.6. The molecule has 0 aromatic carbocycles. The second kappa shape index (κ2) is 11.9. The lowest BCUT2D eigenvalue weighted by Gasteiger charge is -2.71. The van der Waals surface area contributed by atoms with E-state index in [0.717, 1.165) is 45.1 Å². The van der Waals surface area contributed by atoms with E-state index in [0.29, 0.717) is 36.9 Å². The molecule has 12 atom stereocenters. The Balaban J connectivity index is 1.51. The van der Waals surface area contributed by atoms with Crippen molar-refractivity contribution in [1.29, 1.82) is 0 Å². The van der Waals surface area contributed by atoms with Crippen molar-refractivity contribution >= 4 is 5.97 Å². The molecule has 1 saturated heterocycles. The van der Waals surface area contributed by atoms with E-state index in [1.165, 1.54) is 5.57 Å². The smallest absolute Gasteiger partial charge is 0.307 e. The van der Waals surface area contributed by atoms with Gasteiger partial charge in [-0.05, 0) is 111 Å². The SMILES string of the molecule is CC(C)[C@@H](C)[C@@]1(C)CC[C@]2(C)[C@H]3CC[C@@H]4[C@@]5(C)COC[C@@]4(C3=CC[C@@]2(C)[C@@H]1C(=O)O)[C@@H](OC[C@@](C)(C(C)C)N(C)C)[C@H](n1cncn1)C5. The van der Waals surface area contributed by atoms with Crippen molar-refractivity contribution in [3.63, 3.8) is 0 Å². The number of aromatic nitrogens is 3. The summed E-state index contributed by atoms with van der Waals surface area (Å²) in [6.45, 7) is 25.3. The van der Waals surface area contributed by atoms with E-state index >= 15 is 0 Å². The number of carboxylic acids is 1. The van der Waals surface area contributed by atoms with Crippen molar-refractivity contribution in [2.24, 2.45) is 62.6 Å². The number of ether oxygens (including phenoxy) is 2. The lowest BCUT2D eigenvalue weighted by Crippen LogP contribution is -2.70. The minimum Gasteiger partial charge on any atom is -0.481 e. The van der Waals surface area contributed by atoms with Crippen LogP contribution in [0.1, 0.15) is 114 Å². The summed E-state index contributed by atoms with van der Waals surface area (Å²) in [7, 11) is 4.33. The van der Waals surface area contributed by atoms with Gasteiger partial charge in [-0.3, -0.25) is 4.79 Å². The Bertz CT molecular complexity index is 1380. The Labute approximate surface area is 290 Å². The molecular weight excluding hydrogens is 600 g/mol. The molecule has 0 unspecified atom stereocenters. The molecular formula is C40H66N4O4. The van der Waals surface area contributed by atoms with Gasteiger partial charge in [0.05, 0.1) is 37.9 Å². The normalized spacial score (nSPS) is 44.4. The van der Waals surface area contributed by atoms with E-state index in [1.807, 2.05) is 6.33 Å². The van der Waals surface area contributed by atoms with Crippen molar-refractivity contribution in [3.8, 4) is 0 Å². The van der Waals surface area contributed by atoms with Gasteiger partial charge in [0, 0.05) is 11.0 Å². The van der Waals surface area contributed by atoms with Crippen LogP contribution in [0, 0.1) is 62.6 Å². The molecule has 0 radical (unpaired) electrons. The predicted molar refractivity (Wildman–Crippen MR) is 189 cm³/mol. The Morgan fingerprint density at radius 1 is 1.10 bits per heavy atom. The second-order valence-corrected chi connectivity index (χ2v) is 19.2. The molecule has 2 heterocycles. The number of hydrogen-bond donors (Lipinski definition) is 1. The van der Waals surface area contributed by atoms with Crippen LogP contribution in [0.15, 0.2) is 24.3 Å². The number of hydrogen-bond acceptors (Lipinski definition) is 6. The first kappa shape index (κ1) is 36.0. The molecule has 48 heavy (non-hydrogen) atoms. The molecule has 2 bridgehead atoms. The fraction of sp³-hybridized carbons (Fsp3) is 0.875. The lowest BCUT2D eigenvalue weighted by atomic mass is 9.34. The molecule has 3 saturated carbocycles. The first-order valence-electron chi connectivity index (χ1n) is 19.0. The monoisotopic (exact) mass is 667 g/mol. The third kappa shape index (κ3) is 4.80. The Morgan fingerprint density at radius 3 is 2.40 bits per heavy atom. The predicted octanol–water partition coefficient (Wildman–Crippen LogP) is 7.77. The number of carbonyl (C=O) groups is 1. The second-order valence-electron chi connectivity index (χ2n) is 19.2. The van der Waals surface area contributed by atoms with Crippen LogP contribution >= 0.6 is 0 Å². The van der Waals surface area contributed by atoms with Gasteiger partial charge in [-0.2, -0.15) is 5.10 Å². The zero-order valence-electron chi connectivity index (χ0n) is 32.2. The summed E-state index contributed by atoms with van der Waals surface area (Å²) in [5, 5.41) is 15.9. The highest BCUT2D eigenvalue weighted by Gasteiger charge is 2.72. The number of allylic oxidation sites excluding steroid dienone is 1. The molecule has 1 aliphatic heterocycles. The van der Waals surface area contributed by atoms with Crippen LogP contribution in [0.2, 0.25) is 0 Å². The lowest BCUT2D eigenvalue weighted by molar-refractivity contribution is -0.256. The van der Waals surface area contributed by atoms with Gasteiger partial charge in [-0.25, -0.2) is 9.67 Å². The first-order chi connectivity index (χ1) is 22.3. The van der Waals surface area contributed by atoms with Crippen LogP contribution in [0.3, 0.4) is 0 Å². The van der Waals surface area contributed by atoms with Gasteiger partial charge >= 0.3 is 5.97 Å². The molecule has 8 nitrogen and oxygen atoms in total. The number of aliphatic carboxylic acids is 1. The van der Waals surface area contributed by atoms with Gasteiger partial charge < -0.3 is 19.5 Å². The topological polar surface area (TPSA) is 89.7 Å². The van der Waals surface area contributed by atoms with E-state index in [1.54, 1.807) is 6.33 Å². The molecule has 6 rings (SSSR count). The standard InChI is InChI=1S/C40H66N4O4/c1-25(2)27(5)36(7)17-18-37(8)28-13-14-31-35(6)19-30(44-24-41-23-42-44)33(48-21-39(10,26(3)4)43(11)12)40(31,22-47-20-35)29(28)15-16-38(37,9)32(36)34(45)46/h15,23-28,30-33H,13-14,16-22H2,1-12H3,(H,45,46)/t27-,28+,30-,31-,32-,33+,35-,36-,37-,38+,39+,40+/m1/s1. The highest BCUT2D eigenvalue weighted by atomic mass is 16.5. The van der Waals surface area contributed by atoms with Crippen molar-refractivity contribution in [3.05, 3.63) is 24.3 Å². The summed E-state index contributed by atoms with van der Waals surface area (Å²) in [6.07, 6.45) is 11.9. The summed E-state index contributed by atoms with van der Waals surface area (Å²) in [6, 6.07) is 0.0327. The van der Waals surface area contributed by atoms with E-state index in [9.17, 15) is 9.90 Å². The number of likely N-dealkylation sites (N-methyl/N-ethyl adjacent to an activating group) is 1. The largest absolute Gasteiger partial charge is 0.481 e. The van der Waals surface area contributed by atoms with Crippen molar-refractivity contribution in [1.82, 2.24) is 19.7 Å². The molecule has 1 aromatic rings. The minimum absolute atomic E-state index is 0.0213. The first-order valence-corrected chi connectivity index (χ1v) is 19.0. The van der Waals surface area contributed by atoms with Crippen LogP contribution in [-0.2, 0) is 14.3 Å². The summed E-state index contributed by atoms with van der Waals surface area (Å²) in [5.41, 5.74) is 0.249. The maximum atomic E-state index is 13.5. The molecule has 0 amide bonds. The third-order valence-electron chi connectivity index (χ3n) is 16.6. The van der Waals surface area contributed by atoms with Gasteiger partial charge in [0.25, 0.3) is 0 Å². The van der Waals surface area contributed by atoms with Gasteiger partial charge in [0.2, 0.25) is 0 Å². The zero-order chi connectivity index (χ0) is 35.2. The Hall–Kier alpha value is -1.77. The van der Waals surface area contributed by atoms with Crippen molar-refractivity contribution < 1.29 is 19.4 Å². The maximum Gasteiger partial charge on any atom is 0.307 e. The number of fused-ring (bicyclic) bond motifs is 3. The molecule has 5 aliphatic rings. The highest BCUT2D eigenvalue weighted by Crippen LogP contribution is 2.75. The summed E-state index contributed by atoms with van der Waals surface area (Å²) >= 11 is 0. The fourth-order valence-electron chi connectivity index (χ4n) is 12.6. The minimum atomic E-state index is -0.613. The van der Waals surface area contributed by atoms with E-state index in [-0.39, 0.29) is 50.7 Å². The van der Waals surface area contributed by atoms with E-state index in [4.69, 9.17) is 14.6 Å². The highest BCUT2D eigenvalue weighted by molar-refractivity contribution is 5.73. The zero-order valence-corrected chi connectivity index (χ0v) is 32.2. The fourth-order valence-corrected chi connectivity index (χ4v) is 12.6. The molecule has 4 fully saturated rings. The Morgan fingerprint density at radius 2 is 1.81 bits per heavy atom. The number of nitrogens with zero attached hydrogens (tertiary/aromatic N) is 4. The summed E-state index contributed by atoms with van der Waals surface area (Å²) < 4.78 is 16.3. The molecule has 8 heteroatoms. The Kier molecular flexibility index (Phi) is 8.93. The molecule has 270 valence electrons. The van der Waals surface area contributed by atoms with Crippen LogP contribution < -0.4 is 0 Å². The average Bonchev–Trinajstić information content (AvgIpc) is 3.55. The van der Waals surface area contributed by atoms with Gasteiger partial charge in [0.1, 0.15) is 12.7 Å². The summed E-state index contributed by atoms with van der Waals surface area (Å²) in [4.78, 5) is 20.3. The van der Waals surface area contributed by atoms with Gasteiger partial charge in [-0.15, -0.1) is 0 Å². The van der Waals surface area contributed by atoms with Crippen LogP contribution in [-0.4, -0.2) is 76.3 Å². The van der Waals surface area contributed by atoms with Crippen molar-refractivity contribution in [2.45, 2.75) is 125 Å². The van der Waals surface area contributed by atoms with Crippen LogP contribution in [0.5, 0.6) is 0 Å². The van der Waals surface area contributed by atoms with Gasteiger partial charge in [0.15, 0.2) is 0 Å². The molecule has 1 aromatic heterocycles. The quantitative estimate of drug-likeness (QED) is 0.270. The maximum absolute atomic E-state index is 13.5. The van der Waals surface area contributed by atoms with Crippen LogP contribution in [0.25, 0.3) is 0 Å². The average molecular weight is 667 g/mol. The number of carboxylic acid groups (broad SMARTS) is 1. The van der Waals surface area contributed by atoms with E-state index < -0.39 is 11.9 Å².